The lowest BCUT2D eigenvalue weighted by molar-refractivity contribution is -0.143. The summed E-state index contributed by atoms with van der Waals surface area (Å²) in [5.74, 6) is 1.39. The van der Waals surface area contributed by atoms with Crippen LogP contribution in [0.5, 0.6) is 0 Å². The van der Waals surface area contributed by atoms with Crippen LogP contribution in [-0.2, 0) is 23.8 Å². The van der Waals surface area contributed by atoms with Crippen LogP contribution in [0, 0.1) is 11.8 Å². The Labute approximate surface area is 177 Å². The highest BCUT2D eigenvalue weighted by Gasteiger charge is 2.45. The second kappa shape index (κ2) is 14.1. The van der Waals surface area contributed by atoms with E-state index in [-0.39, 0.29) is 18.2 Å². The number of hydrogen-bond acceptors (Lipinski definition) is 5. The van der Waals surface area contributed by atoms with Crippen LogP contribution >= 0.6 is 0 Å². The molecule has 0 amide bonds. The second-order valence-electron chi connectivity index (χ2n) is 8.70. The molecule has 1 heterocycles. The zero-order valence-electron chi connectivity index (χ0n) is 18.7. The fraction of sp³-hybridized carbons (Fsp3) is 0.917. The maximum absolute atomic E-state index is 12.2. The Kier molecular flexibility index (Phi) is 11.9. The number of ketones is 1. The molecule has 0 radical (unpaired) electrons. The molecule has 0 aromatic heterocycles. The summed E-state index contributed by atoms with van der Waals surface area (Å²) in [5.41, 5.74) is 0. The molecule has 0 bridgehead atoms. The van der Waals surface area contributed by atoms with Gasteiger partial charge in [0.15, 0.2) is 0 Å². The molecule has 2 unspecified atom stereocenters. The quantitative estimate of drug-likeness (QED) is 0.273. The number of Topliss-reactive ketones (excluding diaryl/α,β-unsaturated/α-hetero) is 1. The average Bonchev–Trinajstić information content (AvgIpc) is 3.07. The topological polar surface area (TPSA) is 61.8 Å². The number of ether oxygens (including phenoxy) is 3. The SMILES string of the molecule is CCCCCC(=O)CC[C@H]1CC2OCCOC2[C@@H]1CCCCCCC(=O)OCC. The van der Waals surface area contributed by atoms with Gasteiger partial charge in [0.2, 0.25) is 0 Å². The van der Waals surface area contributed by atoms with E-state index in [2.05, 4.69) is 6.92 Å². The first-order valence-electron chi connectivity index (χ1n) is 12.1. The highest BCUT2D eigenvalue weighted by Crippen LogP contribution is 2.43. The fourth-order valence-corrected chi connectivity index (χ4v) is 4.94. The number of rotatable bonds is 15. The molecule has 0 spiro atoms. The van der Waals surface area contributed by atoms with Gasteiger partial charge in [-0.15, -0.1) is 0 Å². The van der Waals surface area contributed by atoms with Crippen molar-refractivity contribution in [1.29, 1.82) is 0 Å². The van der Waals surface area contributed by atoms with Gasteiger partial charge in [-0.05, 0) is 50.9 Å². The van der Waals surface area contributed by atoms with E-state index < -0.39 is 0 Å². The maximum Gasteiger partial charge on any atom is 0.305 e. The Morgan fingerprint density at radius 2 is 1.62 bits per heavy atom. The average molecular weight is 411 g/mol. The lowest BCUT2D eigenvalue weighted by Gasteiger charge is -2.30. The molecule has 0 aromatic carbocycles. The monoisotopic (exact) mass is 410 g/mol. The van der Waals surface area contributed by atoms with Crippen LogP contribution in [0.2, 0.25) is 0 Å². The Morgan fingerprint density at radius 3 is 2.41 bits per heavy atom. The van der Waals surface area contributed by atoms with Crippen LogP contribution in [0.4, 0.5) is 0 Å². The van der Waals surface area contributed by atoms with E-state index >= 15 is 0 Å². The van der Waals surface area contributed by atoms with Gasteiger partial charge in [-0.3, -0.25) is 9.59 Å². The number of carbonyl (C=O) groups is 2. The van der Waals surface area contributed by atoms with Gasteiger partial charge in [0.05, 0.1) is 32.0 Å². The molecule has 2 fully saturated rings. The predicted molar refractivity (Wildman–Crippen MR) is 114 cm³/mol. The van der Waals surface area contributed by atoms with Crippen molar-refractivity contribution in [2.24, 2.45) is 11.8 Å². The van der Waals surface area contributed by atoms with Gasteiger partial charge >= 0.3 is 5.97 Å². The van der Waals surface area contributed by atoms with Gasteiger partial charge in [-0.25, -0.2) is 0 Å². The van der Waals surface area contributed by atoms with Crippen molar-refractivity contribution in [3.05, 3.63) is 0 Å². The molecule has 2 rings (SSSR count). The van der Waals surface area contributed by atoms with E-state index in [0.717, 1.165) is 70.6 Å². The second-order valence-corrected chi connectivity index (χ2v) is 8.70. The third-order valence-corrected chi connectivity index (χ3v) is 6.48. The van der Waals surface area contributed by atoms with E-state index in [4.69, 9.17) is 14.2 Å². The molecule has 1 saturated carbocycles. The van der Waals surface area contributed by atoms with Crippen LogP contribution < -0.4 is 0 Å². The van der Waals surface area contributed by atoms with Gasteiger partial charge in [-0.1, -0.05) is 39.0 Å². The predicted octanol–water partition coefficient (Wildman–Crippen LogP) is 5.24. The van der Waals surface area contributed by atoms with Gasteiger partial charge in [0.25, 0.3) is 0 Å². The molecule has 5 heteroatoms. The maximum atomic E-state index is 12.2. The minimum absolute atomic E-state index is 0.0810. The van der Waals surface area contributed by atoms with Crippen LogP contribution in [0.1, 0.15) is 97.3 Å². The third-order valence-electron chi connectivity index (χ3n) is 6.48. The molecule has 168 valence electrons. The van der Waals surface area contributed by atoms with Crippen molar-refractivity contribution in [3.8, 4) is 0 Å². The van der Waals surface area contributed by atoms with Gasteiger partial charge in [0.1, 0.15) is 5.78 Å². The summed E-state index contributed by atoms with van der Waals surface area (Å²) in [7, 11) is 0. The van der Waals surface area contributed by atoms with E-state index in [1.54, 1.807) is 0 Å². The molecule has 0 aromatic rings. The van der Waals surface area contributed by atoms with E-state index in [1.807, 2.05) is 6.92 Å². The van der Waals surface area contributed by atoms with Crippen LogP contribution in [0.25, 0.3) is 0 Å². The van der Waals surface area contributed by atoms with Gasteiger partial charge in [-0.2, -0.15) is 0 Å². The highest BCUT2D eigenvalue weighted by atomic mass is 16.6. The largest absolute Gasteiger partial charge is 0.466 e. The lowest BCUT2D eigenvalue weighted by Crippen LogP contribution is -2.37. The van der Waals surface area contributed by atoms with E-state index in [0.29, 0.717) is 50.3 Å². The normalized spacial score (nSPS) is 26.3. The highest BCUT2D eigenvalue weighted by molar-refractivity contribution is 5.78. The summed E-state index contributed by atoms with van der Waals surface area (Å²) in [4.78, 5) is 23.6. The third kappa shape index (κ3) is 8.75. The molecule has 0 N–H and O–H groups in total. The summed E-state index contributed by atoms with van der Waals surface area (Å²) < 4.78 is 17.1. The molecular formula is C24H42O5. The van der Waals surface area contributed by atoms with Crippen molar-refractivity contribution in [1.82, 2.24) is 0 Å². The van der Waals surface area contributed by atoms with Gasteiger partial charge < -0.3 is 14.2 Å². The van der Waals surface area contributed by atoms with Crippen LogP contribution in [-0.4, -0.2) is 43.8 Å². The Morgan fingerprint density at radius 1 is 0.862 bits per heavy atom. The zero-order chi connectivity index (χ0) is 20.9. The fourth-order valence-electron chi connectivity index (χ4n) is 4.94. The standard InChI is InChI=1S/C24H42O5/c1-3-5-8-11-20(25)15-14-19-18-22-24(29-17-16-28-22)21(19)12-9-6-7-10-13-23(26)27-4-2/h19,21-22,24H,3-18H2,1-2H3/t19-,21+,22?,24?/m0/s1. The molecule has 4 atom stereocenters. The molecule has 2 aliphatic rings. The van der Waals surface area contributed by atoms with Crippen molar-refractivity contribution in [2.75, 3.05) is 19.8 Å². The van der Waals surface area contributed by atoms with Crippen molar-refractivity contribution < 1.29 is 23.8 Å². The number of fused-ring (bicyclic) bond motifs is 1. The summed E-state index contributed by atoms with van der Waals surface area (Å²) >= 11 is 0. The molecular weight excluding hydrogens is 368 g/mol. The Bertz CT molecular complexity index is 478. The zero-order valence-corrected chi connectivity index (χ0v) is 18.7. The van der Waals surface area contributed by atoms with Crippen molar-refractivity contribution in [3.63, 3.8) is 0 Å². The Hall–Kier alpha value is -0.940. The first-order chi connectivity index (χ1) is 14.2. The summed E-state index contributed by atoms with van der Waals surface area (Å²) in [5, 5.41) is 0. The van der Waals surface area contributed by atoms with E-state index in [9.17, 15) is 9.59 Å². The smallest absolute Gasteiger partial charge is 0.305 e. The molecule has 1 aliphatic heterocycles. The molecule has 5 nitrogen and oxygen atoms in total. The molecule has 1 aliphatic carbocycles. The number of unbranched alkanes of at least 4 members (excludes halogenated alkanes) is 5. The van der Waals surface area contributed by atoms with E-state index in [1.165, 1.54) is 0 Å². The molecule has 1 saturated heterocycles. The number of hydrogen-bond donors (Lipinski definition) is 0. The minimum atomic E-state index is -0.0810. The lowest BCUT2D eigenvalue weighted by atomic mass is 9.85. The van der Waals surface area contributed by atoms with Crippen LogP contribution in [0.3, 0.4) is 0 Å². The van der Waals surface area contributed by atoms with Crippen molar-refractivity contribution in [2.45, 2.75) is 110 Å². The summed E-state index contributed by atoms with van der Waals surface area (Å²) in [6, 6.07) is 0. The van der Waals surface area contributed by atoms with Crippen molar-refractivity contribution >= 4 is 11.8 Å². The summed E-state index contributed by atoms with van der Waals surface area (Å²) in [6.45, 7) is 5.88. The van der Waals surface area contributed by atoms with Gasteiger partial charge in [0, 0.05) is 19.3 Å². The summed E-state index contributed by atoms with van der Waals surface area (Å²) in [6.07, 6.45) is 13.2. The molecule has 29 heavy (non-hydrogen) atoms. The minimum Gasteiger partial charge on any atom is -0.466 e. The van der Waals surface area contributed by atoms with Crippen LogP contribution in [0.15, 0.2) is 0 Å². The number of esters is 1. The Balaban J connectivity index is 1.71. The number of carbonyl (C=O) groups excluding carboxylic acids is 2. The first-order valence-corrected chi connectivity index (χ1v) is 12.1. The first kappa shape index (κ1) is 24.3.